The molecule has 1 unspecified atom stereocenters. The van der Waals surface area contributed by atoms with E-state index in [0.29, 0.717) is 11.6 Å². The van der Waals surface area contributed by atoms with E-state index in [9.17, 15) is 0 Å². The van der Waals surface area contributed by atoms with E-state index in [1.807, 2.05) is 19.9 Å². The Morgan fingerprint density at radius 2 is 2.28 bits per heavy atom. The molecule has 0 radical (unpaired) electrons. The van der Waals surface area contributed by atoms with Gasteiger partial charge < -0.3 is 15.8 Å². The van der Waals surface area contributed by atoms with Crippen molar-refractivity contribution in [3.05, 3.63) is 22.9 Å². The predicted molar refractivity (Wildman–Crippen MR) is 77.1 cm³/mol. The highest BCUT2D eigenvalue weighted by atomic mass is 32.1. The number of pyridine rings is 1. The average Bonchev–Trinajstić information content (AvgIpc) is 2.62. The van der Waals surface area contributed by atoms with Crippen molar-refractivity contribution in [1.82, 2.24) is 4.98 Å². The Bertz CT molecular complexity index is 481. The molecule has 2 rings (SSSR count). The van der Waals surface area contributed by atoms with E-state index in [4.69, 9.17) is 22.7 Å². The highest BCUT2D eigenvalue weighted by Crippen LogP contribution is 2.26. The topological polar surface area (TPSA) is 60.2 Å². The lowest BCUT2D eigenvalue weighted by molar-refractivity contribution is 0.185. The lowest BCUT2D eigenvalue weighted by Gasteiger charge is -2.26. The van der Waals surface area contributed by atoms with E-state index >= 15 is 0 Å². The molecule has 1 aromatic rings. The Morgan fingerprint density at radius 1 is 1.56 bits per heavy atom. The zero-order valence-corrected chi connectivity index (χ0v) is 11.9. The summed E-state index contributed by atoms with van der Waals surface area (Å²) in [5, 5.41) is 3.45. The van der Waals surface area contributed by atoms with Gasteiger partial charge in [-0.3, -0.25) is 0 Å². The van der Waals surface area contributed by atoms with Crippen LogP contribution in [0.4, 0.5) is 5.82 Å². The van der Waals surface area contributed by atoms with Crippen molar-refractivity contribution in [1.29, 1.82) is 0 Å². The van der Waals surface area contributed by atoms with E-state index in [1.54, 1.807) is 0 Å². The van der Waals surface area contributed by atoms with Gasteiger partial charge in [0.15, 0.2) is 0 Å². The van der Waals surface area contributed by atoms with Crippen molar-refractivity contribution in [3.8, 4) is 0 Å². The normalized spacial score (nSPS) is 23.1. The van der Waals surface area contributed by atoms with Crippen molar-refractivity contribution in [2.75, 3.05) is 18.5 Å². The minimum Gasteiger partial charge on any atom is -0.389 e. The number of nitrogens with two attached hydrogens (primary N) is 1. The third kappa shape index (κ3) is 2.62. The standard InChI is InChI=1S/C13H19N3OS/c1-8-6-9(2)15-12(10(8)11(14)18)16-13(3)4-5-17-7-13/h6H,4-5,7H2,1-3H3,(H2,14,18)(H,15,16). The predicted octanol–water partition coefficient (Wildman–Crippen LogP) is 1.92. The van der Waals surface area contributed by atoms with Crippen LogP contribution in [0, 0.1) is 13.8 Å². The summed E-state index contributed by atoms with van der Waals surface area (Å²) in [5.74, 6) is 0.771. The molecule has 4 nitrogen and oxygen atoms in total. The highest BCUT2D eigenvalue weighted by Gasteiger charge is 2.31. The van der Waals surface area contributed by atoms with E-state index < -0.39 is 0 Å². The molecule has 1 aliphatic heterocycles. The molecule has 0 amide bonds. The average molecular weight is 265 g/mol. The fraction of sp³-hybridized carbons (Fsp3) is 0.538. The number of anilines is 1. The molecule has 0 saturated carbocycles. The van der Waals surface area contributed by atoms with E-state index in [-0.39, 0.29) is 5.54 Å². The summed E-state index contributed by atoms with van der Waals surface area (Å²) in [6.07, 6.45) is 0.957. The Morgan fingerprint density at radius 3 is 2.83 bits per heavy atom. The maximum absolute atomic E-state index is 5.80. The third-order valence-electron chi connectivity index (χ3n) is 3.23. The minimum atomic E-state index is -0.0905. The molecular weight excluding hydrogens is 246 g/mol. The summed E-state index contributed by atoms with van der Waals surface area (Å²) >= 11 is 5.12. The molecule has 1 aromatic heterocycles. The minimum absolute atomic E-state index is 0.0905. The van der Waals surface area contributed by atoms with Gasteiger partial charge in [0.05, 0.1) is 17.7 Å². The Hall–Kier alpha value is -1.20. The van der Waals surface area contributed by atoms with Gasteiger partial charge in [0.1, 0.15) is 10.8 Å². The molecule has 0 aliphatic carbocycles. The van der Waals surface area contributed by atoms with Gasteiger partial charge in [0.2, 0.25) is 0 Å². The number of nitrogens with one attached hydrogen (secondary N) is 1. The second-order valence-corrected chi connectivity index (χ2v) is 5.60. The summed E-state index contributed by atoms with van der Waals surface area (Å²) in [7, 11) is 0. The largest absolute Gasteiger partial charge is 0.389 e. The summed E-state index contributed by atoms with van der Waals surface area (Å²) in [6.45, 7) is 7.55. The van der Waals surface area contributed by atoms with E-state index in [1.165, 1.54) is 0 Å². The van der Waals surface area contributed by atoms with Crippen molar-refractivity contribution >= 4 is 23.0 Å². The molecule has 0 spiro atoms. The zero-order chi connectivity index (χ0) is 13.3. The van der Waals surface area contributed by atoms with Crippen LogP contribution in [0.15, 0.2) is 6.07 Å². The quantitative estimate of drug-likeness (QED) is 0.818. The van der Waals surface area contributed by atoms with Crippen LogP contribution in [0.1, 0.15) is 30.2 Å². The summed E-state index contributed by atoms with van der Waals surface area (Å²) in [5.41, 5.74) is 8.56. The number of aryl methyl sites for hydroxylation is 2. The molecule has 18 heavy (non-hydrogen) atoms. The van der Waals surface area contributed by atoms with Crippen LogP contribution >= 0.6 is 12.2 Å². The van der Waals surface area contributed by atoms with Crippen LogP contribution in [-0.2, 0) is 4.74 Å². The van der Waals surface area contributed by atoms with Crippen LogP contribution in [0.25, 0.3) is 0 Å². The molecular formula is C13H19N3OS. The number of rotatable bonds is 3. The number of thiocarbonyl (C=S) groups is 1. The van der Waals surface area contributed by atoms with Gasteiger partial charge in [0, 0.05) is 12.3 Å². The molecule has 0 aromatic carbocycles. The van der Waals surface area contributed by atoms with Crippen LogP contribution in [0.2, 0.25) is 0 Å². The van der Waals surface area contributed by atoms with Crippen LogP contribution in [0.3, 0.4) is 0 Å². The fourth-order valence-electron chi connectivity index (χ4n) is 2.29. The van der Waals surface area contributed by atoms with E-state index in [2.05, 4.69) is 17.2 Å². The SMILES string of the molecule is Cc1cc(C)c(C(N)=S)c(NC2(C)CCOC2)n1. The van der Waals surface area contributed by atoms with Gasteiger partial charge in [-0.25, -0.2) is 4.98 Å². The third-order valence-corrected chi connectivity index (χ3v) is 3.43. The Balaban J connectivity index is 2.39. The van der Waals surface area contributed by atoms with Gasteiger partial charge in [-0.15, -0.1) is 0 Å². The summed E-state index contributed by atoms with van der Waals surface area (Å²) in [6, 6.07) is 1.99. The van der Waals surface area contributed by atoms with Crippen LogP contribution in [0.5, 0.6) is 0 Å². The van der Waals surface area contributed by atoms with Gasteiger partial charge in [-0.1, -0.05) is 12.2 Å². The molecule has 1 aliphatic rings. The maximum Gasteiger partial charge on any atom is 0.137 e. The molecule has 98 valence electrons. The summed E-state index contributed by atoms with van der Waals surface area (Å²) in [4.78, 5) is 4.91. The van der Waals surface area contributed by atoms with Gasteiger partial charge >= 0.3 is 0 Å². The molecule has 3 N–H and O–H groups in total. The first-order valence-corrected chi connectivity index (χ1v) is 6.46. The van der Waals surface area contributed by atoms with Gasteiger partial charge in [-0.05, 0) is 38.8 Å². The van der Waals surface area contributed by atoms with Crippen molar-refractivity contribution in [2.45, 2.75) is 32.7 Å². The highest BCUT2D eigenvalue weighted by molar-refractivity contribution is 7.80. The number of aromatic nitrogens is 1. The van der Waals surface area contributed by atoms with Gasteiger partial charge in [-0.2, -0.15) is 0 Å². The number of hydrogen-bond acceptors (Lipinski definition) is 4. The first kappa shape index (κ1) is 13.2. The van der Waals surface area contributed by atoms with E-state index in [0.717, 1.165) is 35.7 Å². The lowest BCUT2D eigenvalue weighted by atomic mass is 10.0. The molecule has 2 heterocycles. The Labute approximate surface area is 113 Å². The fourth-order valence-corrected chi connectivity index (χ4v) is 2.55. The zero-order valence-electron chi connectivity index (χ0n) is 11.0. The molecule has 1 saturated heterocycles. The van der Waals surface area contributed by atoms with Crippen molar-refractivity contribution in [2.24, 2.45) is 5.73 Å². The van der Waals surface area contributed by atoms with Crippen molar-refractivity contribution in [3.63, 3.8) is 0 Å². The Kier molecular flexibility index (Phi) is 3.54. The molecule has 1 fully saturated rings. The smallest absolute Gasteiger partial charge is 0.137 e. The second-order valence-electron chi connectivity index (χ2n) is 5.16. The number of hydrogen-bond donors (Lipinski definition) is 2. The summed E-state index contributed by atoms with van der Waals surface area (Å²) < 4.78 is 5.44. The monoisotopic (exact) mass is 265 g/mol. The molecule has 1 atom stereocenters. The maximum atomic E-state index is 5.80. The molecule has 0 bridgehead atoms. The molecule has 5 heteroatoms. The van der Waals surface area contributed by atoms with Gasteiger partial charge in [0.25, 0.3) is 0 Å². The van der Waals surface area contributed by atoms with Crippen LogP contribution < -0.4 is 11.1 Å². The number of nitrogens with zero attached hydrogens (tertiary/aromatic N) is 1. The van der Waals surface area contributed by atoms with Crippen LogP contribution in [-0.4, -0.2) is 28.7 Å². The number of ether oxygens (including phenoxy) is 1. The first-order valence-electron chi connectivity index (χ1n) is 6.05. The second kappa shape index (κ2) is 4.82. The lowest BCUT2D eigenvalue weighted by Crippen LogP contribution is -2.36. The van der Waals surface area contributed by atoms with Crippen molar-refractivity contribution < 1.29 is 4.74 Å². The first-order chi connectivity index (χ1) is 8.41.